The van der Waals surface area contributed by atoms with E-state index in [2.05, 4.69) is 23.4 Å². The number of hydrogen-bond donors (Lipinski definition) is 4. The fraction of sp³-hybridized carbons (Fsp3) is 0.375. The Morgan fingerprint density at radius 3 is 2.33 bits per heavy atom. The van der Waals surface area contributed by atoms with E-state index >= 15 is 0 Å². The van der Waals surface area contributed by atoms with Crippen LogP contribution >= 0.6 is 12.8 Å². The van der Waals surface area contributed by atoms with E-state index in [0.29, 0.717) is 19.4 Å². The second-order valence-electron chi connectivity index (χ2n) is 9.01. The lowest BCUT2D eigenvalue weighted by Crippen LogP contribution is -2.44. The van der Waals surface area contributed by atoms with Gasteiger partial charge in [0.25, 0.3) is 10.0 Å². The van der Waals surface area contributed by atoms with Crippen molar-refractivity contribution in [2.75, 3.05) is 18.5 Å². The van der Waals surface area contributed by atoms with E-state index in [1.165, 1.54) is 40.7 Å². The number of carbonyl (C=O) groups is 3. The van der Waals surface area contributed by atoms with Gasteiger partial charge in [0.15, 0.2) is 0 Å². The summed E-state index contributed by atoms with van der Waals surface area (Å²) in [5.74, 6) is -0.593. The van der Waals surface area contributed by atoms with Crippen LogP contribution in [-0.4, -0.2) is 49.4 Å². The van der Waals surface area contributed by atoms with Crippen LogP contribution in [0.3, 0.4) is 0 Å². The highest BCUT2D eigenvalue weighted by Gasteiger charge is 2.23. The lowest BCUT2D eigenvalue weighted by molar-refractivity contribution is 0.0498. The summed E-state index contributed by atoms with van der Waals surface area (Å²) in [7, 11) is -4.05. The molecule has 0 fully saturated rings. The monoisotopic (exact) mass is 536 g/mol. The Bertz CT molecular complexity index is 1180. The quantitative estimate of drug-likeness (QED) is 0.217. The molecule has 0 aliphatic heterocycles. The van der Waals surface area contributed by atoms with Gasteiger partial charge in [-0.2, -0.15) is 0 Å². The highest BCUT2D eigenvalue weighted by Crippen LogP contribution is 2.16. The largest absolute Gasteiger partial charge is 0.462 e. The lowest BCUT2D eigenvalue weighted by atomic mass is 10.1. The van der Waals surface area contributed by atoms with Crippen LogP contribution in [-0.2, 0) is 14.8 Å². The maximum atomic E-state index is 12.4. The Labute approximate surface area is 217 Å². The number of esters is 1. The van der Waals surface area contributed by atoms with E-state index in [0.717, 1.165) is 5.56 Å². The topological polar surface area (TPSA) is 134 Å². The Hall–Kier alpha value is -3.25. The van der Waals surface area contributed by atoms with Crippen LogP contribution < -0.4 is 15.4 Å². The van der Waals surface area contributed by atoms with Gasteiger partial charge in [-0.3, -0.25) is 4.31 Å². The smallest absolute Gasteiger partial charge is 0.338 e. The molecule has 0 saturated heterocycles. The molecule has 0 aliphatic carbocycles. The van der Waals surface area contributed by atoms with Crippen LogP contribution in [0.15, 0.2) is 53.4 Å². The maximum absolute atomic E-state index is 12.4. The zero-order valence-corrected chi connectivity index (χ0v) is 22.4. The molecule has 0 aliphatic rings. The van der Waals surface area contributed by atoms with E-state index in [4.69, 9.17) is 4.74 Å². The van der Waals surface area contributed by atoms with Crippen molar-refractivity contribution in [1.29, 1.82) is 0 Å². The van der Waals surface area contributed by atoms with Crippen LogP contribution in [0.2, 0.25) is 0 Å². The normalized spacial score (nSPS) is 11.4. The Kier molecular flexibility index (Phi) is 10.2. The summed E-state index contributed by atoms with van der Waals surface area (Å²) in [4.78, 5) is 36.5. The van der Waals surface area contributed by atoms with Gasteiger partial charge in [0.05, 0.1) is 17.1 Å². The summed E-state index contributed by atoms with van der Waals surface area (Å²) < 4.78 is 33.2. The van der Waals surface area contributed by atoms with Crippen LogP contribution in [0.1, 0.15) is 49.5 Å². The molecular formula is C24H32N4O6S2. The summed E-state index contributed by atoms with van der Waals surface area (Å²) >= 11 is 4.18. The first kappa shape index (κ1) is 29.0. The number of carbonyl (C=O) groups excluding carboxylic acids is 3. The van der Waals surface area contributed by atoms with Crippen LogP contribution in [0, 0.1) is 6.92 Å². The van der Waals surface area contributed by atoms with Gasteiger partial charge in [-0.25, -0.2) is 27.5 Å². The van der Waals surface area contributed by atoms with E-state index in [1.54, 1.807) is 12.1 Å². The van der Waals surface area contributed by atoms with Gasteiger partial charge >= 0.3 is 18.0 Å². The number of anilines is 1. The van der Waals surface area contributed by atoms with Gasteiger partial charge in [-0.05, 0) is 70.9 Å². The molecule has 3 N–H and O–H groups in total. The van der Waals surface area contributed by atoms with E-state index < -0.39 is 27.6 Å². The maximum Gasteiger partial charge on any atom is 0.338 e. The minimum Gasteiger partial charge on any atom is -0.462 e. The van der Waals surface area contributed by atoms with Gasteiger partial charge in [0.1, 0.15) is 0 Å². The van der Waals surface area contributed by atoms with Gasteiger partial charge in [-0.15, -0.1) is 0 Å². The number of nitrogens with one attached hydrogen (secondary N) is 3. The zero-order valence-electron chi connectivity index (χ0n) is 20.7. The average molecular weight is 537 g/mol. The van der Waals surface area contributed by atoms with Crippen molar-refractivity contribution in [2.45, 2.75) is 51.0 Å². The van der Waals surface area contributed by atoms with Gasteiger partial charge in [0.2, 0.25) is 0 Å². The van der Waals surface area contributed by atoms with E-state index in [1.807, 2.05) is 32.4 Å². The number of urea groups is 2. The molecule has 0 spiro atoms. The summed E-state index contributed by atoms with van der Waals surface area (Å²) in [6.07, 6.45) is 1.13. The Morgan fingerprint density at radius 1 is 1.03 bits per heavy atom. The Balaban J connectivity index is 1.79. The highest BCUT2D eigenvalue weighted by atomic mass is 32.2. The molecule has 10 nitrogen and oxygen atoms in total. The summed E-state index contributed by atoms with van der Waals surface area (Å²) in [5.41, 5.74) is 0.884. The lowest BCUT2D eigenvalue weighted by Gasteiger charge is -2.30. The molecule has 2 rings (SSSR count). The highest BCUT2D eigenvalue weighted by molar-refractivity contribution is 7.90. The first-order valence-electron chi connectivity index (χ1n) is 11.2. The minimum atomic E-state index is -4.05. The van der Waals surface area contributed by atoms with E-state index in [9.17, 15) is 22.8 Å². The molecule has 0 heterocycles. The number of ether oxygens (including phenoxy) is 1. The van der Waals surface area contributed by atoms with Crippen molar-refractivity contribution < 1.29 is 27.5 Å². The fourth-order valence-corrected chi connectivity index (χ4v) is 3.81. The van der Waals surface area contributed by atoms with Crippen molar-refractivity contribution >= 4 is 46.6 Å². The number of nitrogens with zero attached hydrogens (tertiary/aromatic N) is 1. The first-order valence-corrected chi connectivity index (χ1v) is 13.1. The molecule has 0 radical (unpaired) electrons. The first-order chi connectivity index (χ1) is 16.8. The standard InChI is InChI=1S/C24H32N4O6S2/c1-17-10-12-20(13-11-17)36(32,33)27-22(30)26-19-9-7-8-18(16-19)21(29)34-15-6-5-14-25-23(31)28(35)24(2,3)4/h7-13,16,35H,5-6,14-15H2,1-4H3,(H,25,31)(H2,26,27,30). The minimum absolute atomic E-state index is 0.0442. The van der Waals surface area contributed by atoms with Gasteiger partial charge < -0.3 is 15.4 Å². The Morgan fingerprint density at radius 2 is 1.69 bits per heavy atom. The number of rotatable bonds is 9. The molecule has 0 atom stereocenters. The molecule has 36 heavy (non-hydrogen) atoms. The van der Waals surface area contributed by atoms with Gasteiger partial charge in [-0.1, -0.05) is 36.6 Å². The molecule has 2 aromatic carbocycles. The summed E-state index contributed by atoms with van der Waals surface area (Å²) in [6, 6.07) is 10.7. The molecule has 0 unspecified atom stereocenters. The third-order valence-electron chi connectivity index (χ3n) is 4.82. The number of sulfonamides is 1. The second-order valence-corrected chi connectivity index (χ2v) is 11.1. The third-order valence-corrected chi connectivity index (χ3v) is 6.95. The predicted molar refractivity (Wildman–Crippen MR) is 140 cm³/mol. The number of hydrogen-bond acceptors (Lipinski definition) is 7. The average Bonchev–Trinajstić information content (AvgIpc) is 2.79. The number of unbranched alkanes of at least 4 members (excludes halogenated alkanes) is 1. The van der Waals surface area contributed by atoms with E-state index in [-0.39, 0.29) is 28.8 Å². The molecule has 4 amide bonds. The van der Waals surface area contributed by atoms with Crippen molar-refractivity contribution in [2.24, 2.45) is 0 Å². The molecule has 196 valence electrons. The van der Waals surface area contributed by atoms with Crippen molar-refractivity contribution in [3.63, 3.8) is 0 Å². The molecule has 0 aromatic heterocycles. The van der Waals surface area contributed by atoms with Crippen LogP contribution in [0.25, 0.3) is 0 Å². The van der Waals surface area contributed by atoms with Crippen molar-refractivity contribution in [3.05, 3.63) is 59.7 Å². The third kappa shape index (κ3) is 9.08. The predicted octanol–water partition coefficient (Wildman–Crippen LogP) is 4.10. The number of thiol groups is 1. The van der Waals surface area contributed by atoms with Crippen LogP contribution in [0.5, 0.6) is 0 Å². The number of amides is 4. The van der Waals surface area contributed by atoms with Crippen LogP contribution in [0.4, 0.5) is 15.3 Å². The van der Waals surface area contributed by atoms with Crippen molar-refractivity contribution in [1.82, 2.24) is 14.3 Å². The SMILES string of the molecule is Cc1ccc(S(=O)(=O)NC(=O)Nc2cccc(C(=O)OCCCCNC(=O)N(S)C(C)(C)C)c2)cc1. The van der Waals surface area contributed by atoms with Gasteiger partial charge in [0, 0.05) is 17.8 Å². The molecule has 0 saturated carbocycles. The fourth-order valence-electron chi connectivity index (χ4n) is 2.83. The molecule has 2 aromatic rings. The van der Waals surface area contributed by atoms with Crippen molar-refractivity contribution in [3.8, 4) is 0 Å². The number of benzene rings is 2. The number of aryl methyl sites for hydroxylation is 1. The summed E-state index contributed by atoms with van der Waals surface area (Å²) in [5, 5.41) is 5.15. The summed E-state index contributed by atoms with van der Waals surface area (Å²) in [6.45, 7) is 7.96. The molecule has 0 bridgehead atoms. The second kappa shape index (κ2) is 12.6. The molecule has 12 heteroatoms. The zero-order chi connectivity index (χ0) is 26.9. The molecular weight excluding hydrogens is 504 g/mol.